The van der Waals surface area contributed by atoms with E-state index in [1.165, 1.54) is 13.3 Å². The number of pyridine rings is 1. The number of hydrogen-bond acceptors (Lipinski definition) is 5. The lowest BCUT2D eigenvalue weighted by atomic mass is 9.99. The van der Waals surface area contributed by atoms with Gasteiger partial charge in [0, 0.05) is 48.6 Å². The van der Waals surface area contributed by atoms with Gasteiger partial charge in [-0.15, -0.1) is 0 Å². The quantitative estimate of drug-likeness (QED) is 0.428. The second-order valence-electron chi connectivity index (χ2n) is 5.18. The summed E-state index contributed by atoms with van der Waals surface area (Å²) in [5, 5.41) is 0. The van der Waals surface area contributed by atoms with Crippen molar-refractivity contribution in [2.24, 2.45) is 0 Å². The number of nitrogens with zero attached hydrogens (tertiary/aromatic N) is 3. The highest BCUT2D eigenvalue weighted by molar-refractivity contribution is 14.1. The summed E-state index contributed by atoms with van der Waals surface area (Å²) < 4.78 is 33.9. The molecule has 0 aromatic carbocycles. The van der Waals surface area contributed by atoms with Crippen LogP contribution >= 0.6 is 22.9 Å². The first-order valence-corrected chi connectivity index (χ1v) is 8.82. The summed E-state index contributed by atoms with van der Waals surface area (Å²) in [6.45, 7) is 2.51. The summed E-state index contributed by atoms with van der Waals surface area (Å²) in [6.07, 6.45) is 3.17. The minimum atomic E-state index is -3.42. The fourth-order valence-electron chi connectivity index (χ4n) is 2.64. The molecule has 3 rings (SSSR count). The fraction of sp³-hybridized carbons (Fsp3) is 0.583. The minimum absolute atomic E-state index is 0.152. The number of hydrogen-bond donors (Lipinski definition) is 0. The van der Waals surface area contributed by atoms with Crippen molar-refractivity contribution in [2.75, 3.05) is 26.7 Å². The minimum Gasteiger partial charge on any atom is -0.481 e. The molecule has 2 aliphatic heterocycles. The van der Waals surface area contributed by atoms with Crippen LogP contribution in [0.3, 0.4) is 0 Å². The Bertz CT molecular complexity index is 597. The average molecular weight is 409 g/mol. The second kappa shape index (κ2) is 5.08. The lowest BCUT2D eigenvalue weighted by molar-refractivity contribution is 0.317. The van der Waals surface area contributed by atoms with Gasteiger partial charge in [-0.25, -0.2) is 16.5 Å². The normalized spacial score (nSPS) is 25.6. The van der Waals surface area contributed by atoms with Crippen LogP contribution in [0.1, 0.15) is 12.8 Å². The molecule has 20 heavy (non-hydrogen) atoms. The third-order valence-electron chi connectivity index (χ3n) is 4.01. The van der Waals surface area contributed by atoms with Gasteiger partial charge in [-0.05, 0) is 18.9 Å². The molecule has 8 heteroatoms. The van der Waals surface area contributed by atoms with Gasteiger partial charge in [0.1, 0.15) is 4.90 Å². The van der Waals surface area contributed by atoms with Crippen molar-refractivity contribution < 1.29 is 13.2 Å². The van der Waals surface area contributed by atoms with E-state index in [9.17, 15) is 8.42 Å². The number of ether oxygens (including phenoxy) is 1. The molecule has 0 aliphatic carbocycles. The van der Waals surface area contributed by atoms with Crippen LogP contribution in [-0.2, 0) is 10.0 Å². The van der Waals surface area contributed by atoms with Crippen molar-refractivity contribution in [1.29, 1.82) is 0 Å². The molecule has 0 bridgehead atoms. The zero-order valence-corrected chi connectivity index (χ0v) is 14.1. The van der Waals surface area contributed by atoms with E-state index in [4.69, 9.17) is 4.74 Å². The van der Waals surface area contributed by atoms with Crippen molar-refractivity contribution in [3.8, 4) is 5.88 Å². The van der Waals surface area contributed by atoms with Gasteiger partial charge in [0.2, 0.25) is 15.9 Å². The monoisotopic (exact) mass is 409 g/mol. The van der Waals surface area contributed by atoms with Crippen LogP contribution in [0.25, 0.3) is 0 Å². The molecule has 1 atom stereocenters. The standard InChI is InChI=1S/C12H16IN3O3S/c1-19-11-3-2-10(8-14-11)20(17,18)16-9-12(16)4-6-15(13)7-5-12/h2-3,8H,4-7,9H2,1H3. The summed E-state index contributed by atoms with van der Waals surface area (Å²) in [6, 6.07) is 3.14. The number of aromatic nitrogens is 1. The summed E-state index contributed by atoms with van der Waals surface area (Å²) in [5.41, 5.74) is -0.152. The Morgan fingerprint density at radius 2 is 2.05 bits per heavy atom. The van der Waals surface area contributed by atoms with Gasteiger partial charge in [-0.3, -0.25) is 0 Å². The fourth-order valence-corrected chi connectivity index (χ4v) is 4.91. The van der Waals surface area contributed by atoms with Crippen molar-refractivity contribution in [2.45, 2.75) is 23.3 Å². The molecule has 2 saturated heterocycles. The highest BCUT2D eigenvalue weighted by atomic mass is 127. The molecule has 0 radical (unpaired) electrons. The van der Waals surface area contributed by atoms with E-state index >= 15 is 0 Å². The second-order valence-corrected chi connectivity index (χ2v) is 8.41. The van der Waals surface area contributed by atoms with Crippen LogP contribution in [0.15, 0.2) is 23.2 Å². The van der Waals surface area contributed by atoms with Crippen LogP contribution in [-0.4, -0.2) is 53.1 Å². The first-order chi connectivity index (χ1) is 9.48. The highest BCUT2D eigenvalue weighted by Gasteiger charge is 2.59. The molecule has 3 heterocycles. The molecule has 2 aliphatic rings. The molecule has 1 aromatic heterocycles. The van der Waals surface area contributed by atoms with Crippen molar-refractivity contribution >= 4 is 32.9 Å². The van der Waals surface area contributed by atoms with Crippen molar-refractivity contribution in [1.82, 2.24) is 12.4 Å². The Labute approximate surface area is 132 Å². The third-order valence-corrected chi connectivity index (χ3v) is 6.91. The number of methoxy groups -OCH3 is 1. The maximum Gasteiger partial charge on any atom is 0.245 e. The van der Waals surface area contributed by atoms with E-state index in [1.807, 2.05) is 0 Å². The zero-order chi connectivity index (χ0) is 14.4. The van der Waals surface area contributed by atoms with Gasteiger partial charge in [0.25, 0.3) is 0 Å². The summed E-state index contributed by atoms with van der Waals surface area (Å²) in [4.78, 5) is 4.22. The zero-order valence-electron chi connectivity index (χ0n) is 11.1. The van der Waals surface area contributed by atoms with E-state index in [1.54, 1.807) is 16.4 Å². The maximum absolute atomic E-state index is 12.6. The predicted octanol–water partition coefficient (Wildman–Crippen LogP) is 1.28. The highest BCUT2D eigenvalue weighted by Crippen LogP contribution is 2.46. The van der Waals surface area contributed by atoms with Gasteiger partial charge in [-0.2, -0.15) is 4.31 Å². The Morgan fingerprint density at radius 1 is 1.35 bits per heavy atom. The van der Waals surface area contributed by atoms with Gasteiger partial charge >= 0.3 is 0 Å². The summed E-state index contributed by atoms with van der Waals surface area (Å²) in [7, 11) is -1.91. The first-order valence-electron chi connectivity index (χ1n) is 6.42. The van der Waals surface area contributed by atoms with Crippen molar-refractivity contribution in [3.05, 3.63) is 18.3 Å². The number of piperidine rings is 1. The first kappa shape index (κ1) is 14.5. The molecule has 1 unspecified atom stereocenters. The number of halogens is 1. The number of sulfonamides is 1. The van der Waals surface area contributed by atoms with E-state index in [-0.39, 0.29) is 10.4 Å². The molecule has 1 aromatic rings. The van der Waals surface area contributed by atoms with Crippen LogP contribution < -0.4 is 4.74 Å². The van der Waals surface area contributed by atoms with E-state index in [0.717, 1.165) is 25.9 Å². The van der Waals surface area contributed by atoms with E-state index < -0.39 is 10.0 Å². The molecule has 0 amide bonds. The van der Waals surface area contributed by atoms with Crippen LogP contribution in [0.5, 0.6) is 5.88 Å². The van der Waals surface area contributed by atoms with E-state index in [2.05, 4.69) is 31.0 Å². The van der Waals surface area contributed by atoms with Crippen LogP contribution in [0.2, 0.25) is 0 Å². The molecule has 0 saturated carbocycles. The topological polar surface area (TPSA) is 62.5 Å². The maximum atomic E-state index is 12.6. The Hall–Kier alpha value is -0.450. The van der Waals surface area contributed by atoms with Gasteiger partial charge in [-0.1, -0.05) is 0 Å². The molecule has 110 valence electrons. The lowest BCUT2D eigenvalue weighted by Gasteiger charge is -2.27. The Balaban J connectivity index is 1.79. The Kier molecular flexibility index (Phi) is 3.68. The van der Waals surface area contributed by atoms with Gasteiger partial charge in [0.05, 0.1) is 18.8 Å². The van der Waals surface area contributed by atoms with Crippen LogP contribution in [0, 0.1) is 0 Å². The molecule has 1 spiro atoms. The molecular formula is C12H16IN3O3S. The van der Waals surface area contributed by atoms with Crippen LogP contribution in [0.4, 0.5) is 0 Å². The van der Waals surface area contributed by atoms with Gasteiger partial charge < -0.3 is 4.74 Å². The molecule has 6 nitrogen and oxygen atoms in total. The van der Waals surface area contributed by atoms with Gasteiger partial charge in [0.15, 0.2) is 0 Å². The number of rotatable bonds is 3. The molecular weight excluding hydrogens is 393 g/mol. The van der Waals surface area contributed by atoms with E-state index in [0.29, 0.717) is 12.4 Å². The smallest absolute Gasteiger partial charge is 0.245 e. The summed E-state index contributed by atoms with van der Waals surface area (Å²) >= 11 is 2.29. The predicted molar refractivity (Wildman–Crippen MR) is 82.2 cm³/mol. The third kappa shape index (κ3) is 2.42. The summed E-state index contributed by atoms with van der Waals surface area (Å²) in [5.74, 6) is 0.419. The largest absolute Gasteiger partial charge is 0.481 e. The Morgan fingerprint density at radius 3 is 2.60 bits per heavy atom. The molecule has 2 fully saturated rings. The lowest BCUT2D eigenvalue weighted by Crippen LogP contribution is -2.35. The molecule has 0 N–H and O–H groups in total. The average Bonchev–Trinajstić information content (AvgIpc) is 3.18. The SMILES string of the molecule is COc1ccc(S(=O)(=O)N2CC23CCN(I)CC3)cn1. The van der Waals surface area contributed by atoms with Crippen molar-refractivity contribution in [3.63, 3.8) is 0 Å².